The molecular formula is C14H11Cl2NO. The molecular weight excluding hydrogens is 269 g/mol. The van der Waals surface area contributed by atoms with Gasteiger partial charge in [0, 0.05) is 21.2 Å². The Kier molecular flexibility index (Phi) is 4.24. The number of halogens is 2. The molecule has 0 N–H and O–H groups in total. The number of benzene rings is 2. The molecule has 0 aromatic heterocycles. The van der Waals surface area contributed by atoms with Gasteiger partial charge in [0.15, 0.2) is 12.8 Å². The second-order valence-electron chi connectivity index (χ2n) is 3.88. The lowest BCUT2D eigenvalue weighted by Gasteiger charge is -2.04. The van der Waals surface area contributed by atoms with E-state index < -0.39 is 0 Å². The predicted octanol–water partition coefficient (Wildman–Crippen LogP) is 4.12. The molecule has 0 aliphatic carbocycles. The lowest BCUT2D eigenvalue weighted by Crippen LogP contribution is -2.05. The Morgan fingerprint density at radius 2 is 1.39 bits per heavy atom. The van der Waals surface area contributed by atoms with Crippen molar-refractivity contribution in [1.82, 2.24) is 0 Å². The molecule has 0 saturated carbocycles. The molecule has 0 bridgehead atoms. The maximum Gasteiger partial charge on any atom is 0.182 e. The lowest BCUT2D eigenvalue weighted by atomic mass is 10.2. The van der Waals surface area contributed by atoms with Crippen molar-refractivity contribution in [2.75, 3.05) is 0 Å². The summed E-state index contributed by atoms with van der Waals surface area (Å²) >= 11 is 11.6. The van der Waals surface area contributed by atoms with Crippen LogP contribution in [0.1, 0.15) is 11.1 Å². The standard InChI is InChI=1S/C14H11Cl2NO/c15-13-5-1-11(2-6-13)9-17(18)10-12-3-7-14(16)8-4-12/h1-9H,10H2. The van der Waals surface area contributed by atoms with E-state index in [-0.39, 0.29) is 0 Å². The average Bonchev–Trinajstić information content (AvgIpc) is 2.35. The minimum Gasteiger partial charge on any atom is -0.624 e. The molecule has 2 rings (SSSR count). The van der Waals surface area contributed by atoms with E-state index in [9.17, 15) is 5.21 Å². The van der Waals surface area contributed by atoms with Crippen LogP contribution in [0.4, 0.5) is 0 Å². The van der Waals surface area contributed by atoms with Gasteiger partial charge < -0.3 is 5.21 Å². The Morgan fingerprint density at radius 1 is 0.889 bits per heavy atom. The van der Waals surface area contributed by atoms with Crippen molar-refractivity contribution in [3.05, 3.63) is 74.9 Å². The van der Waals surface area contributed by atoms with E-state index in [1.807, 2.05) is 12.1 Å². The van der Waals surface area contributed by atoms with Crippen LogP contribution in [-0.4, -0.2) is 11.0 Å². The maximum atomic E-state index is 11.7. The zero-order valence-corrected chi connectivity index (χ0v) is 11.0. The quantitative estimate of drug-likeness (QED) is 0.359. The van der Waals surface area contributed by atoms with E-state index in [1.54, 1.807) is 36.4 Å². The van der Waals surface area contributed by atoms with Gasteiger partial charge in [-0.05, 0) is 36.4 Å². The summed E-state index contributed by atoms with van der Waals surface area (Å²) < 4.78 is 0.881. The Balaban J connectivity index is 2.09. The van der Waals surface area contributed by atoms with Crippen molar-refractivity contribution in [2.24, 2.45) is 0 Å². The largest absolute Gasteiger partial charge is 0.624 e. The van der Waals surface area contributed by atoms with Gasteiger partial charge in [-0.25, -0.2) is 4.74 Å². The van der Waals surface area contributed by atoms with Crippen LogP contribution in [0.25, 0.3) is 0 Å². The average molecular weight is 280 g/mol. The number of hydrogen-bond acceptors (Lipinski definition) is 1. The first-order valence-corrected chi connectivity index (χ1v) is 6.18. The number of nitrogens with zero attached hydrogens (tertiary/aromatic N) is 1. The molecule has 0 amide bonds. The van der Waals surface area contributed by atoms with Gasteiger partial charge in [0.05, 0.1) is 0 Å². The van der Waals surface area contributed by atoms with Crippen molar-refractivity contribution < 1.29 is 4.74 Å². The van der Waals surface area contributed by atoms with Crippen molar-refractivity contribution in [3.8, 4) is 0 Å². The minimum absolute atomic E-state index is 0.291. The summed E-state index contributed by atoms with van der Waals surface area (Å²) in [4.78, 5) is 0. The molecule has 0 atom stereocenters. The Morgan fingerprint density at radius 3 is 1.94 bits per heavy atom. The van der Waals surface area contributed by atoms with Gasteiger partial charge in [-0.1, -0.05) is 35.3 Å². The molecule has 0 fully saturated rings. The van der Waals surface area contributed by atoms with E-state index in [0.717, 1.165) is 15.9 Å². The topological polar surface area (TPSA) is 26.1 Å². The molecule has 0 spiro atoms. The molecule has 0 aliphatic rings. The van der Waals surface area contributed by atoms with Gasteiger partial charge in [-0.2, -0.15) is 0 Å². The molecule has 0 aliphatic heterocycles. The Labute approximate surface area is 116 Å². The first-order valence-electron chi connectivity index (χ1n) is 5.42. The molecule has 0 unspecified atom stereocenters. The van der Waals surface area contributed by atoms with Crippen molar-refractivity contribution >= 4 is 29.4 Å². The van der Waals surface area contributed by atoms with Crippen molar-refractivity contribution in [2.45, 2.75) is 6.54 Å². The molecule has 92 valence electrons. The number of hydroxylamine groups is 1. The normalized spacial score (nSPS) is 11.6. The molecule has 0 heterocycles. The van der Waals surface area contributed by atoms with E-state index in [4.69, 9.17) is 23.2 Å². The second-order valence-corrected chi connectivity index (χ2v) is 4.76. The van der Waals surface area contributed by atoms with Gasteiger partial charge in [0.25, 0.3) is 0 Å². The van der Waals surface area contributed by atoms with Crippen LogP contribution < -0.4 is 0 Å². The molecule has 18 heavy (non-hydrogen) atoms. The summed E-state index contributed by atoms with van der Waals surface area (Å²) in [5.41, 5.74) is 1.74. The monoisotopic (exact) mass is 279 g/mol. The van der Waals surface area contributed by atoms with E-state index >= 15 is 0 Å². The van der Waals surface area contributed by atoms with Gasteiger partial charge in [0.2, 0.25) is 0 Å². The van der Waals surface area contributed by atoms with Crippen LogP contribution in [-0.2, 0) is 6.54 Å². The van der Waals surface area contributed by atoms with Gasteiger partial charge >= 0.3 is 0 Å². The highest BCUT2D eigenvalue weighted by atomic mass is 35.5. The van der Waals surface area contributed by atoms with Crippen LogP contribution in [0.5, 0.6) is 0 Å². The Hall–Kier alpha value is -1.51. The van der Waals surface area contributed by atoms with Crippen molar-refractivity contribution in [1.29, 1.82) is 0 Å². The molecule has 2 aromatic carbocycles. The highest BCUT2D eigenvalue weighted by Gasteiger charge is 1.99. The summed E-state index contributed by atoms with van der Waals surface area (Å²) in [7, 11) is 0. The molecule has 0 saturated heterocycles. The molecule has 0 radical (unpaired) electrons. The summed E-state index contributed by atoms with van der Waals surface area (Å²) in [6, 6.07) is 14.3. The second kappa shape index (κ2) is 5.89. The third-order valence-corrected chi connectivity index (χ3v) is 2.92. The summed E-state index contributed by atoms with van der Waals surface area (Å²) in [5.74, 6) is 0. The fourth-order valence-electron chi connectivity index (χ4n) is 1.53. The maximum absolute atomic E-state index is 11.7. The van der Waals surface area contributed by atoms with Gasteiger partial charge in [0.1, 0.15) is 0 Å². The van der Waals surface area contributed by atoms with Crippen LogP contribution in [0.2, 0.25) is 10.0 Å². The third kappa shape index (κ3) is 3.76. The van der Waals surface area contributed by atoms with Crippen LogP contribution >= 0.6 is 23.2 Å². The van der Waals surface area contributed by atoms with Crippen LogP contribution in [0.3, 0.4) is 0 Å². The number of rotatable bonds is 3. The van der Waals surface area contributed by atoms with E-state index in [1.165, 1.54) is 6.21 Å². The Bertz CT molecular complexity index is 547. The van der Waals surface area contributed by atoms with E-state index in [2.05, 4.69) is 0 Å². The predicted molar refractivity (Wildman–Crippen MR) is 75.4 cm³/mol. The first kappa shape index (κ1) is 12.9. The zero-order chi connectivity index (χ0) is 13.0. The van der Waals surface area contributed by atoms with Gasteiger partial charge in [-0.15, -0.1) is 0 Å². The smallest absolute Gasteiger partial charge is 0.182 e. The SMILES string of the molecule is [O-][N+](=Cc1ccc(Cl)cc1)Cc1ccc(Cl)cc1. The lowest BCUT2D eigenvalue weighted by molar-refractivity contribution is -0.469. The van der Waals surface area contributed by atoms with E-state index in [0.29, 0.717) is 16.6 Å². The van der Waals surface area contributed by atoms with Gasteiger partial charge in [-0.3, -0.25) is 0 Å². The molecule has 2 aromatic rings. The molecule has 2 nitrogen and oxygen atoms in total. The first-order chi connectivity index (χ1) is 8.63. The highest BCUT2D eigenvalue weighted by Crippen LogP contribution is 2.11. The summed E-state index contributed by atoms with van der Waals surface area (Å²) in [6.07, 6.45) is 1.53. The fourth-order valence-corrected chi connectivity index (χ4v) is 1.78. The number of hydrogen-bond donors (Lipinski definition) is 0. The van der Waals surface area contributed by atoms with Crippen LogP contribution in [0, 0.1) is 5.21 Å². The fraction of sp³-hybridized carbons (Fsp3) is 0.0714. The van der Waals surface area contributed by atoms with Crippen molar-refractivity contribution in [3.63, 3.8) is 0 Å². The highest BCUT2D eigenvalue weighted by molar-refractivity contribution is 6.30. The minimum atomic E-state index is 0.291. The summed E-state index contributed by atoms with van der Waals surface area (Å²) in [5, 5.41) is 13.1. The third-order valence-electron chi connectivity index (χ3n) is 2.41. The summed E-state index contributed by atoms with van der Waals surface area (Å²) in [6.45, 7) is 0.291. The zero-order valence-electron chi connectivity index (χ0n) is 9.51. The van der Waals surface area contributed by atoms with Crippen LogP contribution in [0.15, 0.2) is 48.5 Å². The molecule has 4 heteroatoms.